The molecule has 0 fully saturated rings. The number of fused-ring (bicyclic) bond motifs is 4. The molecule has 0 spiro atoms. The maximum atomic E-state index is 15.3. The van der Waals surface area contributed by atoms with Gasteiger partial charge in [0, 0.05) is 7.05 Å². The number of halogens is 2. The molecule has 2 aromatic rings. The van der Waals surface area contributed by atoms with Gasteiger partial charge >= 0.3 is 0 Å². The maximum absolute atomic E-state index is 15.3. The molecule has 0 saturated heterocycles. The van der Waals surface area contributed by atoms with Gasteiger partial charge in [-0.15, -0.1) is 0 Å². The van der Waals surface area contributed by atoms with Crippen LogP contribution in [-0.2, 0) is 0 Å². The summed E-state index contributed by atoms with van der Waals surface area (Å²) in [5.74, 6) is 1.04. The number of hydrogen-bond donors (Lipinski definition) is 0. The number of aliphatic imine (C=N–C) groups is 1. The minimum atomic E-state index is -0.776. The Balaban J connectivity index is 1.73. The topological polar surface area (TPSA) is 34.1 Å². The zero-order valence-corrected chi connectivity index (χ0v) is 13.9. The van der Waals surface area contributed by atoms with E-state index < -0.39 is 11.9 Å². The van der Waals surface area contributed by atoms with E-state index in [0.717, 1.165) is 5.69 Å². The molecule has 4 nitrogen and oxygen atoms in total. The number of rotatable bonds is 0. The first kappa shape index (κ1) is 14.5. The van der Waals surface area contributed by atoms with Crippen LogP contribution in [0.2, 0.25) is 0 Å². The molecule has 2 heterocycles. The van der Waals surface area contributed by atoms with Crippen molar-refractivity contribution in [2.75, 3.05) is 11.9 Å². The van der Waals surface area contributed by atoms with E-state index in [2.05, 4.69) is 4.99 Å². The van der Waals surface area contributed by atoms with Crippen LogP contribution in [0, 0.1) is 0 Å². The molecular formula is C19H12ClFN2O2. The summed E-state index contributed by atoms with van der Waals surface area (Å²) in [5.41, 5.74) is 1.65. The predicted molar refractivity (Wildman–Crippen MR) is 94.4 cm³/mol. The van der Waals surface area contributed by atoms with Gasteiger partial charge in [-0.2, -0.15) is 0 Å². The lowest BCUT2D eigenvalue weighted by Crippen LogP contribution is -2.44. The van der Waals surface area contributed by atoms with Crippen molar-refractivity contribution in [1.82, 2.24) is 0 Å². The van der Waals surface area contributed by atoms with Crippen LogP contribution in [0.25, 0.3) is 0 Å². The fourth-order valence-electron chi connectivity index (χ4n) is 3.29. The van der Waals surface area contributed by atoms with Crippen LogP contribution >= 0.6 is 11.6 Å². The molecule has 0 bridgehead atoms. The van der Waals surface area contributed by atoms with E-state index in [1.54, 1.807) is 24.1 Å². The van der Waals surface area contributed by atoms with E-state index in [9.17, 15) is 0 Å². The second-order valence-corrected chi connectivity index (χ2v) is 6.35. The number of anilines is 1. The SMILES string of the molecule is CN1c2ccccc2OC2=C(Cl)C3=Nc4ccccc4OC3=C(F)C21. The standard InChI is InChI=1S/C19H12ClFN2O2/c1-23-11-7-3-5-9-13(11)25-18-14(20)16-19(15(21)17(18)23)24-12-8-4-2-6-10(12)22-16/h2-9,17H,1H3. The first-order valence-corrected chi connectivity index (χ1v) is 8.18. The van der Waals surface area contributed by atoms with Gasteiger partial charge in [0.15, 0.2) is 23.1 Å². The van der Waals surface area contributed by atoms with Gasteiger partial charge in [0.05, 0.1) is 5.69 Å². The van der Waals surface area contributed by atoms with Crippen LogP contribution in [0.15, 0.2) is 75.9 Å². The third-order valence-corrected chi connectivity index (χ3v) is 4.87. The lowest BCUT2D eigenvalue weighted by Gasteiger charge is -2.39. The third kappa shape index (κ3) is 1.96. The second kappa shape index (κ2) is 5.10. The molecule has 2 aliphatic heterocycles. The van der Waals surface area contributed by atoms with E-state index in [4.69, 9.17) is 21.1 Å². The Morgan fingerprint density at radius 1 is 1.04 bits per heavy atom. The van der Waals surface area contributed by atoms with Crippen LogP contribution in [0.1, 0.15) is 0 Å². The summed E-state index contributed by atoms with van der Waals surface area (Å²) in [6.45, 7) is 0. The van der Waals surface area contributed by atoms with Crippen LogP contribution in [0.4, 0.5) is 15.8 Å². The number of nitrogens with zero attached hydrogens (tertiary/aromatic N) is 2. The van der Waals surface area contributed by atoms with Crippen molar-refractivity contribution in [2.24, 2.45) is 4.99 Å². The van der Waals surface area contributed by atoms with E-state index in [-0.39, 0.29) is 16.5 Å². The van der Waals surface area contributed by atoms with Crippen molar-refractivity contribution in [3.63, 3.8) is 0 Å². The Morgan fingerprint density at radius 3 is 2.60 bits per heavy atom. The molecule has 0 N–H and O–H groups in total. The largest absolute Gasteiger partial charge is 0.455 e. The van der Waals surface area contributed by atoms with Crippen LogP contribution in [0.3, 0.4) is 0 Å². The quantitative estimate of drug-likeness (QED) is 0.688. The minimum Gasteiger partial charge on any atom is -0.455 e. The van der Waals surface area contributed by atoms with Gasteiger partial charge in [0.1, 0.15) is 28.2 Å². The highest BCUT2D eigenvalue weighted by molar-refractivity contribution is 6.47. The first-order valence-electron chi connectivity index (χ1n) is 7.80. The van der Waals surface area contributed by atoms with Crippen molar-refractivity contribution in [2.45, 2.75) is 6.04 Å². The number of allylic oxidation sites excluding steroid dienone is 1. The van der Waals surface area contributed by atoms with Crippen molar-refractivity contribution >= 4 is 28.7 Å². The minimum absolute atomic E-state index is 0.0484. The zero-order chi connectivity index (χ0) is 17.1. The molecule has 124 valence electrons. The first-order chi connectivity index (χ1) is 12.1. The Labute approximate surface area is 148 Å². The van der Waals surface area contributed by atoms with Gasteiger partial charge in [-0.1, -0.05) is 35.9 Å². The normalized spacial score (nSPS) is 20.7. The summed E-state index contributed by atoms with van der Waals surface area (Å²) in [4.78, 5) is 6.27. The van der Waals surface area contributed by atoms with Crippen LogP contribution < -0.4 is 14.4 Å². The van der Waals surface area contributed by atoms with Crippen LogP contribution in [-0.4, -0.2) is 18.8 Å². The van der Waals surface area contributed by atoms with Crippen molar-refractivity contribution in [3.8, 4) is 11.5 Å². The lowest BCUT2D eigenvalue weighted by molar-refractivity contribution is 0.330. The van der Waals surface area contributed by atoms with Gasteiger partial charge < -0.3 is 14.4 Å². The summed E-state index contributed by atoms with van der Waals surface area (Å²) < 4.78 is 27.0. The monoisotopic (exact) mass is 354 g/mol. The average molecular weight is 355 g/mol. The Morgan fingerprint density at radius 2 is 1.76 bits per heavy atom. The maximum Gasteiger partial charge on any atom is 0.188 e. The average Bonchev–Trinajstić information content (AvgIpc) is 2.65. The summed E-state index contributed by atoms with van der Waals surface area (Å²) in [7, 11) is 1.80. The molecule has 25 heavy (non-hydrogen) atoms. The van der Waals surface area contributed by atoms with Crippen molar-refractivity contribution in [3.05, 3.63) is 70.9 Å². The zero-order valence-electron chi connectivity index (χ0n) is 13.2. The third-order valence-electron chi connectivity index (χ3n) is 4.51. The molecule has 2 aromatic carbocycles. The molecular weight excluding hydrogens is 343 g/mol. The molecule has 6 heteroatoms. The molecule has 0 radical (unpaired) electrons. The fraction of sp³-hybridized carbons (Fsp3) is 0.105. The van der Waals surface area contributed by atoms with Gasteiger partial charge in [-0.25, -0.2) is 9.38 Å². The summed E-state index contributed by atoms with van der Waals surface area (Å²) >= 11 is 6.54. The van der Waals surface area contributed by atoms with E-state index in [0.29, 0.717) is 22.9 Å². The van der Waals surface area contributed by atoms with Gasteiger partial charge in [-0.3, -0.25) is 0 Å². The predicted octanol–water partition coefficient (Wildman–Crippen LogP) is 4.69. The lowest BCUT2D eigenvalue weighted by atomic mass is 9.99. The number of hydrogen-bond acceptors (Lipinski definition) is 4. The summed E-state index contributed by atoms with van der Waals surface area (Å²) in [6, 6.07) is 13.9. The molecule has 1 atom stereocenters. The molecule has 3 aliphatic rings. The molecule has 0 amide bonds. The molecule has 0 aromatic heterocycles. The number of benzene rings is 2. The number of likely N-dealkylation sites (N-methyl/N-ethyl adjacent to an activating group) is 1. The van der Waals surface area contributed by atoms with Crippen LogP contribution in [0.5, 0.6) is 11.5 Å². The second-order valence-electron chi connectivity index (χ2n) is 5.97. The highest BCUT2D eigenvalue weighted by atomic mass is 35.5. The van der Waals surface area contributed by atoms with E-state index >= 15 is 4.39 Å². The van der Waals surface area contributed by atoms with Crippen molar-refractivity contribution < 1.29 is 13.9 Å². The Kier molecular flexibility index (Phi) is 2.97. The molecule has 0 saturated carbocycles. The summed E-state index contributed by atoms with van der Waals surface area (Å²) in [6.07, 6.45) is 0. The van der Waals surface area contributed by atoms with E-state index in [1.165, 1.54) is 0 Å². The smallest absolute Gasteiger partial charge is 0.188 e. The van der Waals surface area contributed by atoms with Gasteiger partial charge in [0.2, 0.25) is 0 Å². The van der Waals surface area contributed by atoms with Gasteiger partial charge in [0.25, 0.3) is 0 Å². The molecule has 1 unspecified atom stereocenters. The summed E-state index contributed by atoms with van der Waals surface area (Å²) in [5, 5.41) is 0.261. The highest BCUT2D eigenvalue weighted by Gasteiger charge is 2.44. The van der Waals surface area contributed by atoms with Crippen molar-refractivity contribution in [1.29, 1.82) is 0 Å². The number of para-hydroxylation sites is 4. The fourth-order valence-corrected chi connectivity index (χ4v) is 3.56. The highest BCUT2D eigenvalue weighted by Crippen LogP contribution is 2.47. The van der Waals surface area contributed by atoms with Gasteiger partial charge in [-0.05, 0) is 24.3 Å². The Bertz CT molecular complexity index is 1010. The molecule has 5 rings (SSSR count). The molecule has 1 aliphatic carbocycles. The number of ether oxygens (including phenoxy) is 2. The Hall–Kier alpha value is -2.79. The van der Waals surface area contributed by atoms with E-state index in [1.807, 2.05) is 36.4 Å².